The Bertz CT molecular complexity index is 422. The van der Waals surface area contributed by atoms with Gasteiger partial charge in [-0.05, 0) is 26.6 Å². The van der Waals surface area contributed by atoms with Crippen molar-refractivity contribution in [2.45, 2.75) is 19.8 Å². The highest BCUT2D eigenvalue weighted by atomic mass is 16.2. The average Bonchev–Trinajstić information content (AvgIpc) is 2.44. The van der Waals surface area contributed by atoms with Gasteiger partial charge in [0.05, 0.1) is 0 Å². The van der Waals surface area contributed by atoms with Crippen molar-refractivity contribution >= 4 is 11.9 Å². The number of nitrogens with zero attached hydrogens (tertiary/aromatic N) is 4. The first-order valence-corrected chi connectivity index (χ1v) is 7.01. The molecule has 1 N–H and O–H groups in total. The van der Waals surface area contributed by atoms with Crippen LogP contribution in [0.1, 0.15) is 30.3 Å². The normalized spacial score (nSPS) is 10.7. The number of anilines is 1. The van der Waals surface area contributed by atoms with Crippen molar-refractivity contribution in [2.24, 2.45) is 0 Å². The lowest BCUT2D eigenvalue weighted by molar-refractivity contribution is 0.0787. The van der Waals surface area contributed by atoms with Gasteiger partial charge in [-0.1, -0.05) is 13.3 Å². The molecule has 0 aliphatic rings. The van der Waals surface area contributed by atoms with Gasteiger partial charge in [0.1, 0.15) is 5.69 Å². The first kappa shape index (κ1) is 16.4. The molecule has 6 nitrogen and oxygen atoms in total. The number of carbonyl (C=O) groups is 1. The summed E-state index contributed by atoms with van der Waals surface area (Å²) in [5, 5.41) is 3.12. The molecule has 0 saturated heterocycles. The molecule has 6 heteroatoms. The number of amides is 1. The first-order valence-electron chi connectivity index (χ1n) is 7.01. The summed E-state index contributed by atoms with van der Waals surface area (Å²) in [6.45, 7) is 4.49. The highest BCUT2D eigenvalue weighted by Gasteiger charge is 2.13. The summed E-state index contributed by atoms with van der Waals surface area (Å²) < 4.78 is 0. The van der Waals surface area contributed by atoms with E-state index in [1.807, 2.05) is 14.1 Å². The standard InChI is InChI=1S/C14H25N5O/c1-5-6-10-19(4)13(20)12-7-8-15-14(17-12)16-9-11-18(2)3/h7-8H,5-6,9-11H2,1-4H3,(H,15,16,17). The van der Waals surface area contributed by atoms with Crippen LogP contribution in [-0.2, 0) is 0 Å². The van der Waals surface area contributed by atoms with E-state index < -0.39 is 0 Å². The second-order valence-corrected chi connectivity index (χ2v) is 5.08. The van der Waals surface area contributed by atoms with Gasteiger partial charge >= 0.3 is 0 Å². The van der Waals surface area contributed by atoms with E-state index in [0.29, 0.717) is 11.6 Å². The Morgan fingerprint density at radius 3 is 2.70 bits per heavy atom. The lowest BCUT2D eigenvalue weighted by Crippen LogP contribution is -2.29. The summed E-state index contributed by atoms with van der Waals surface area (Å²) in [5.74, 6) is 0.443. The van der Waals surface area contributed by atoms with Crippen LogP contribution in [0.4, 0.5) is 5.95 Å². The number of likely N-dealkylation sites (N-methyl/N-ethyl adjacent to an activating group) is 1. The second-order valence-electron chi connectivity index (χ2n) is 5.08. The number of aromatic nitrogens is 2. The lowest BCUT2D eigenvalue weighted by Gasteiger charge is -2.16. The quantitative estimate of drug-likeness (QED) is 0.777. The summed E-state index contributed by atoms with van der Waals surface area (Å²) in [5.41, 5.74) is 0.436. The van der Waals surface area contributed by atoms with E-state index in [9.17, 15) is 4.79 Å². The number of unbranched alkanes of at least 4 members (excludes halogenated alkanes) is 1. The third-order valence-electron chi connectivity index (χ3n) is 2.91. The minimum Gasteiger partial charge on any atom is -0.353 e. The second kappa shape index (κ2) is 8.47. The van der Waals surface area contributed by atoms with Crippen LogP contribution < -0.4 is 5.32 Å². The summed E-state index contributed by atoms with van der Waals surface area (Å²) in [7, 11) is 5.82. The fourth-order valence-electron chi connectivity index (χ4n) is 1.65. The summed E-state index contributed by atoms with van der Waals surface area (Å²) in [4.78, 5) is 24.4. The molecule has 0 atom stereocenters. The van der Waals surface area contributed by atoms with Crippen molar-refractivity contribution in [1.29, 1.82) is 0 Å². The van der Waals surface area contributed by atoms with Crippen LogP contribution in [0.3, 0.4) is 0 Å². The van der Waals surface area contributed by atoms with Crippen LogP contribution in [0.25, 0.3) is 0 Å². The van der Waals surface area contributed by atoms with E-state index in [1.54, 1.807) is 24.2 Å². The Balaban J connectivity index is 2.60. The molecule has 0 radical (unpaired) electrons. The maximum Gasteiger partial charge on any atom is 0.272 e. The molecular weight excluding hydrogens is 254 g/mol. The molecule has 0 aromatic carbocycles. The zero-order chi connectivity index (χ0) is 15.0. The fraction of sp³-hybridized carbons (Fsp3) is 0.643. The molecule has 0 aliphatic carbocycles. The van der Waals surface area contributed by atoms with E-state index >= 15 is 0 Å². The molecule has 112 valence electrons. The highest BCUT2D eigenvalue weighted by molar-refractivity contribution is 5.92. The molecule has 0 aliphatic heterocycles. The van der Waals surface area contributed by atoms with Gasteiger partial charge in [-0.25, -0.2) is 9.97 Å². The van der Waals surface area contributed by atoms with Gasteiger partial charge in [0.2, 0.25) is 5.95 Å². The number of nitrogens with one attached hydrogen (secondary N) is 1. The molecule has 0 saturated carbocycles. The van der Waals surface area contributed by atoms with Gasteiger partial charge in [0.25, 0.3) is 5.91 Å². The van der Waals surface area contributed by atoms with Crippen LogP contribution in [-0.4, -0.2) is 66.5 Å². The zero-order valence-electron chi connectivity index (χ0n) is 12.9. The molecule has 1 aromatic rings. The third-order valence-corrected chi connectivity index (χ3v) is 2.91. The Hall–Kier alpha value is -1.69. The summed E-state index contributed by atoms with van der Waals surface area (Å²) >= 11 is 0. The van der Waals surface area contributed by atoms with Crippen LogP contribution >= 0.6 is 0 Å². The Labute approximate surface area is 121 Å². The molecule has 1 amide bonds. The third kappa shape index (κ3) is 5.52. The lowest BCUT2D eigenvalue weighted by atomic mass is 10.3. The zero-order valence-corrected chi connectivity index (χ0v) is 12.9. The summed E-state index contributed by atoms with van der Waals surface area (Å²) in [6, 6.07) is 1.65. The SMILES string of the molecule is CCCCN(C)C(=O)c1ccnc(NCCN(C)C)n1. The molecule has 1 aromatic heterocycles. The Morgan fingerprint density at radius 2 is 2.05 bits per heavy atom. The van der Waals surface area contributed by atoms with E-state index in [-0.39, 0.29) is 5.91 Å². The van der Waals surface area contributed by atoms with E-state index in [2.05, 4.69) is 27.1 Å². The van der Waals surface area contributed by atoms with E-state index in [1.165, 1.54) is 0 Å². The smallest absolute Gasteiger partial charge is 0.272 e. The molecule has 0 spiro atoms. The van der Waals surface area contributed by atoms with E-state index in [4.69, 9.17) is 0 Å². The van der Waals surface area contributed by atoms with Crippen molar-refractivity contribution in [3.05, 3.63) is 18.0 Å². The van der Waals surface area contributed by atoms with Gasteiger partial charge in [-0.2, -0.15) is 0 Å². The van der Waals surface area contributed by atoms with Gasteiger partial charge < -0.3 is 15.1 Å². The van der Waals surface area contributed by atoms with Gasteiger partial charge in [-0.15, -0.1) is 0 Å². The largest absolute Gasteiger partial charge is 0.353 e. The van der Waals surface area contributed by atoms with E-state index in [0.717, 1.165) is 32.5 Å². The monoisotopic (exact) mass is 279 g/mol. The van der Waals surface area contributed by atoms with Crippen molar-refractivity contribution in [3.8, 4) is 0 Å². The van der Waals surface area contributed by atoms with Gasteiger partial charge in [0.15, 0.2) is 0 Å². The van der Waals surface area contributed by atoms with Crippen LogP contribution in [0.5, 0.6) is 0 Å². The number of hydrogen-bond donors (Lipinski definition) is 1. The van der Waals surface area contributed by atoms with Gasteiger partial charge in [0, 0.05) is 32.9 Å². The minimum absolute atomic E-state index is 0.0588. The fourth-order valence-corrected chi connectivity index (χ4v) is 1.65. The van der Waals surface area contributed by atoms with Crippen LogP contribution in [0.2, 0.25) is 0 Å². The minimum atomic E-state index is -0.0588. The van der Waals surface area contributed by atoms with Crippen molar-refractivity contribution in [3.63, 3.8) is 0 Å². The van der Waals surface area contributed by atoms with Crippen molar-refractivity contribution in [1.82, 2.24) is 19.8 Å². The molecule has 20 heavy (non-hydrogen) atoms. The van der Waals surface area contributed by atoms with Gasteiger partial charge in [-0.3, -0.25) is 4.79 Å². The Morgan fingerprint density at radius 1 is 1.30 bits per heavy atom. The predicted octanol–water partition coefficient (Wildman–Crippen LogP) is 1.32. The molecule has 1 heterocycles. The van der Waals surface area contributed by atoms with Crippen LogP contribution in [0.15, 0.2) is 12.3 Å². The number of hydrogen-bond acceptors (Lipinski definition) is 5. The average molecular weight is 279 g/mol. The molecule has 0 unspecified atom stereocenters. The number of carbonyl (C=O) groups excluding carboxylic acids is 1. The van der Waals surface area contributed by atoms with Crippen molar-refractivity contribution in [2.75, 3.05) is 46.1 Å². The highest BCUT2D eigenvalue weighted by Crippen LogP contribution is 2.04. The molecule has 1 rings (SSSR count). The summed E-state index contributed by atoms with van der Waals surface area (Å²) in [6.07, 6.45) is 3.69. The number of rotatable bonds is 8. The predicted molar refractivity (Wildman–Crippen MR) is 80.9 cm³/mol. The maximum atomic E-state index is 12.2. The van der Waals surface area contributed by atoms with Crippen molar-refractivity contribution < 1.29 is 4.79 Å². The topological polar surface area (TPSA) is 61.4 Å². The first-order chi connectivity index (χ1) is 9.54. The van der Waals surface area contributed by atoms with Crippen LogP contribution in [0, 0.1) is 0 Å². The molecule has 0 bridgehead atoms. The molecule has 0 fully saturated rings. The Kier molecular flexibility index (Phi) is 6.93. The molecular formula is C14H25N5O. The maximum absolute atomic E-state index is 12.2.